The fourth-order valence-electron chi connectivity index (χ4n) is 14.6. The van der Waals surface area contributed by atoms with E-state index in [1.807, 2.05) is 176 Å². The zero-order chi connectivity index (χ0) is 95.6. The normalized spacial score (nSPS) is 16.9. The van der Waals surface area contributed by atoms with Crippen LogP contribution in [0.1, 0.15) is 263 Å². The maximum absolute atomic E-state index is 14.6. The monoisotopic (exact) mass is 1930 g/mol. The number of aromatic carboxylic acids is 4. The van der Waals surface area contributed by atoms with Gasteiger partial charge in [0.1, 0.15) is 19.5 Å². The van der Waals surface area contributed by atoms with Gasteiger partial charge in [-0.3, -0.25) is 36.9 Å². The predicted molar refractivity (Wildman–Crippen MR) is 529 cm³/mol. The number of carboxylic acids is 4. The lowest BCUT2D eigenvalue weighted by molar-refractivity contribution is 0.0682. The quantitative estimate of drug-likeness (QED) is 0.0262. The summed E-state index contributed by atoms with van der Waals surface area (Å²) in [5.41, 5.74) is 4.31. The number of carbonyl (C=O) groups is 4. The van der Waals surface area contributed by atoms with E-state index in [9.17, 15) is 57.9 Å². The Kier molecular flexibility index (Phi) is 39.1. The summed E-state index contributed by atoms with van der Waals surface area (Å²) in [5, 5.41) is 41.9. The first kappa shape index (κ1) is 108. The van der Waals surface area contributed by atoms with Crippen LogP contribution in [-0.2, 0) is 45.8 Å². The Morgan fingerprint density at radius 1 is 0.453 bits per heavy atom. The number of rotatable bonds is 28. The summed E-state index contributed by atoms with van der Waals surface area (Å²) >= 11 is 10.5. The van der Waals surface area contributed by atoms with Crippen LogP contribution in [0.3, 0.4) is 0 Å². The van der Waals surface area contributed by atoms with Crippen molar-refractivity contribution in [3.63, 3.8) is 0 Å². The number of nitrogens with zero attached hydrogens (tertiary/aromatic N) is 4. The lowest BCUT2D eigenvalue weighted by Gasteiger charge is -2.41. The number of thiophene rings is 4. The smallest absolute Gasteiger partial charge is 0.348 e. The average molecular weight is 1930 g/mol. The molecule has 0 amide bonds. The molecule has 2 saturated heterocycles. The van der Waals surface area contributed by atoms with Gasteiger partial charge in [0.15, 0.2) is 0 Å². The molecule has 3 aromatic carbocycles. The molecule has 7 aromatic rings. The number of hydrogen-bond acceptors (Lipinski definition) is 18. The molecule has 4 unspecified atom stereocenters. The van der Waals surface area contributed by atoms with Crippen LogP contribution in [0.5, 0.6) is 0 Å². The van der Waals surface area contributed by atoms with Crippen molar-refractivity contribution in [2.75, 3.05) is 85.6 Å². The maximum Gasteiger partial charge on any atom is 0.348 e. The standard InChI is InChI=1S/C26H34NO5PS.C25H32NO5PS.C23H29ClNO4PS.C23H36NO4PS/c1-18-7-8-23(19(2)15-18)33(30,31-6)27(17-20-10-13-32-14-11-20)22-16-21(9-12-26(3,4)5)34-24(22)25(28)29;1-18-6-8-20(9-7-18)32(29,30-5)26(17-19-11-14-31-15-12-19)22-16-21(10-13-25(2,3)4)33-23(22)24(27)28;1-8-29-30(28,20-10-9-17(24)13-16(20)4)25(15(2)3)19-14-18(11-12-23(5,6)7)31-21(19)22(26)27;1-8-28-29(27,18-11-9-17(4)10-12-18)24(16(2)3)20-15-19(13-14-23(5,6)7)30-21(20)22(25)26/h7-8,15-16,20H,10-11,13-14,17H2,1-6H3,(H,28,29);6-9,16,19H,11-12,14-15,17H2,1-5H3,(H,27,28);9-10,13-15H,8H2,1-7H3,(H,26,27);15-18H,8-12H2,1-7H3,(H,25,26). The Morgan fingerprint density at radius 3 is 1.13 bits per heavy atom. The van der Waals surface area contributed by atoms with Crippen LogP contribution in [0, 0.1) is 114 Å². The summed E-state index contributed by atoms with van der Waals surface area (Å²) in [6.07, 6.45) is 6.98. The number of halogens is 1. The van der Waals surface area contributed by atoms with Gasteiger partial charge in [0.25, 0.3) is 7.52 Å². The molecule has 2 aliphatic heterocycles. The summed E-state index contributed by atoms with van der Waals surface area (Å²) in [6, 6.07) is 24.7. The molecule has 4 aromatic heterocycles. The molecule has 10 rings (SSSR count). The SMILES string of the molecule is CCOP(=O)(C1CCC(C)CC1)N(c1cc(C#CC(C)(C)C)sc1C(=O)O)C(C)C.CCOP(=O)(c1ccc(Cl)cc1C)N(c1cc(C#CC(C)(C)C)sc1C(=O)O)C(C)C.COP(=O)(c1ccc(C)cc1)N(CC1CCOCC1)c1cc(C#CC(C)(C)C)sc1C(=O)O.COP(=O)(c1ccc(C)cc1C)N(CC1CCOCC1)c1cc(C#CC(C)(C)C)sc1C(=O)O. The average Bonchev–Trinajstić information content (AvgIpc) is 1.56. The highest BCUT2D eigenvalue weighted by atomic mass is 35.5. The Balaban J connectivity index is 0.000000234. The molecule has 4 atom stereocenters. The van der Waals surface area contributed by atoms with Gasteiger partial charge < -0.3 is 48.0 Å². The van der Waals surface area contributed by atoms with Gasteiger partial charge in [0.05, 0.1) is 77.0 Å². The molecular formula is C97H131ClN4O18P4S4. The van der Waals surface area contributed by atoms with E-state index in [0.29, 0.717) is 115 Å². The van der Waals surface area contributed by atoms with Crippen molar-refractivity contribution < 1.29 is 85.4 Å². The van der Waals surface area contributed by atoms with E-state index in [1.54, 1.807) is 80.2 Å². The van der Waals surface area contributed by atoms with Crippen LogP contribution < -0.4 is 34.6 Å². The number of ether oxygens (including phenoxy) is 2. The molecule has 128 heavy (non-hydrogen) atoms. The fourth-order valence-corrected chi connectivity index (χ4v) is 28.7. The van der Waals surface area contributed by atoms with Gasteiger partial charge in [-0.25, -0.2) is 19.2 Å². The second-order valence-corrected chi connectivity index (χ2v) is 51.1. The highest BCUT2D eigenvalue weighted by Crippen LogP contribution is 2.64. The molecule has 3 fully saturated rings. The number of anilines is 4. The minimum atomic E-state index is -3.65. The third kappa shape index (κ3) is 29.4. The Morgan fingerprint density at radius 2 is 0.789 bits per heavy atom. The van der Waals surface area contributed by atoms with Crippen molar-refractivity contribution in [2.24, 2.45) is 39.4 Å². The van der Waals surface area contributed by atoms with E-state index in [1.165, 1.54) is 14.2 Å². The topological polar surface area (TPSA) is 286 Å². The van der Waals surface area contributed by atoms with Crippen molar-refractivity contribution in [1.82, 2.24) is 0 Å². The van der Waals surface area contributed by atoms with E-state index in [0.717, 1.165) is 119 Å². The van der Waals surface area contributed by atoms with E-state index >= 15 is 0 Å². The van der Waals surface area contributed by atoms with Crippen molar-refractivity contribution in [1.29, 1.82) is 0 Å². The van der Waals surface area contributed by atoms with Gasteiger partial charge in [-0.05, 0) is 293 Å². The van der Waals surface area contributed by atoms with E-state index in [2.05, 4.69) is 54.3 Å². The molecule has 1 aliphatic carbocycles. The zero-order valence-corrected chi connectivity index (χ0v) is 86.6. The molecule has 698 valence electrons. The van der Waals surface area contributed by atoms with Crippen LogP contribution in [0.25, 0.3) is 0 Å². The van der Waals surface area contributed by atoms with Gasteiger partial charge in [-0.1, -0.05) is 101 Å². The predicted octanol–water partition coefficient (Wildman–Crippen LogP) is 24.9. The molecule has 31 heteroatoms. The second-order valence-electron chi connectivity index (χ2n) is 37.0. The Bertz CT molecular complexity index is 5500. The lowest BCUT2D eigenvalue weighted by atomic mass is 9.91. The second kappa shape index (κ2) is 46.4. The maximum atomic E-state index is 14.6. The molecule has 4 N–H and O–H groups in total. The molecular weight excluding hydrogens is 1800 g/mol. The van der Waals surface area contributed by atoms with Crippen LogP contribution in [0.2, 0.25) is 5.02 Å². The number of benzene rings is 3. The van der Waals surface area contributed by atoms with Gasteiger partial charge >= 0.3 is 46.4 Å². The summed E-state index contributed by atoms with van der Waals surface area (Å²) in [5.74, 6) is 21.8. The van der Waals surface area contributed by atoms with Gasteiger partial charge in [-0.2, -0.15) is 0 Å². The van der Waals surface area contributed by atoms with Crippen LogP contribution >= 0.6 is 87.0 Å². The molecule has 0 spiro atoms. The third-order valence-corrected chi connectivity index (χ3v) is 36.4. The summed E-state index contributed by atoms with van der Waals surface area (Å²) in [7, 11) is -11.3. The van der Waals surface area contributed by atoms with E-state index in [4.69, 9.17) is 39.2 Å². The van der Waals surface area contributed by atoms with Crippen LogP contribution in [0.4, 0.5) is 22.7 Å². The van der Waals surface area contributed by atoms with Crippen LogP contribution in [0.15, 0.2) is 84.9 Å². The zero-order valence-electron chi connectivity index (χ0n) is 79.0. The summed E-state index contributed by atoms with van der Waals surface area (Å²) in [4.78, 5) is 51.7. The lowest BCUT2D eigenvalue weighted by Crippen LogP contribution is -2.35. The number of carboxylic acid groups (broad SMARTS) is 4. The van der Waals surface area contributed by atoms with Crippen molar-refractivity contribution >= 4 is 150 Å². The first-order valence-electron chi connectivity index (χ1n) is 43.3. The number of hydrogen-bond donors (Lipinski definition) is 4. The van der Waals surface area contributed by atoms with E-state index < -0.39 is 54.0 Å². The minimum absolute atomic E-state index is 0.0818. The highest BCUT2D eigenvalue weighted by molar-refractivity contribution is 7.69. The fraction of sp³-hybridized carbons (Fsp3) is 0.526. The van der Waals surface area contributed by atoms with Crippen molar-refractivity contribution in [3.8, 4) is 47.4 Å². The Labute approximate surface area is 781 Å². The van der Waals surface area contributed by atoms with Crippen LogP contribution in [-0.4, -0.2) is 129 Å². The molecule has 0 radical (unpaired) electrons. The molecule has 1 saturated carbocycles. The minimum Gasteiger partial charge on any atom is -0.477 e. The van der Waals surface area contributed by atoms with Crippen molar-refractivity contribution in [2.45, 2.75) is 228 Å². The summed E-state index contributed by atoms with van der Waals surface area (Å²) in [6.45, 7) is 49.0. The molecule has 0 bridgehead atoms. The first-order chi connectivity index (χ1) is 59.7. The summed E-state index contributed by atoms with van der Waals surface area (Å²) < 4.78 is 99.0. The van der Waals surface area contributed by atoms with E-state index in [-0.39, 0.29) is 77.4 Å². The Hall–Kier alpha value is -7.25. The third-order valence-electron chi connectivity index (χ3n) is 20.7. The van der Waals surface area contributed by atoms with Gasteiger partial charge in [0.2, 0.25) is 0 Å². The van der Waals surface area contributed by atoms with Gasteiger partial charge in [0, 0.05) is 92.5 Å². The number of aryl methyl sites for hydroxylation is 4. The largest absolute Gasteiger partial charge is 0.477 e. The molecule has 3 aliphatic rings. The molecule has 6 heterocycles. The van der Waals surface area contributed by atoms with Gasteiger partial charge in [-0.15, -0.1) is 45.3 Å². The molecule has 22 nitrogen and oxygen atoms in total. The van der Waals surface area contributed by atoms with Crippen molar-refractivity contribution in [3.05, 3.63) is 151 Å². The first-order valence-corrected chi connectivity index (χ1v) is 53.3. The highest BCUT2D eigenvalue weighted by Gasteiger charge is 2.47.